The fourth-order valence-corrected chi connectivity index (χ4v) is 3.64. The number of nitrogens with zero attached hydrogens (tertiary/aromatic N) is 2. The highest BCUT2D eigenvalue weighted by Gasteiger charge is 2.54. The first-order valence-corrected chi connectivity index (χ1v) is 12.3. The highest BCUT2D eigenvalue weighted by atomic mass is 19.4. The van der Waals surface area contributed by atoms with E-state index >= 15 is 0 Å². The smallest absolute Gasteiger partial charge is 0.481 e. The van der Waals surface area contributed by atoms with Gasteiger partial charge in [-0.1, -0.05) is 18.2 Å². The zero-order valence-corrected chi connectivity index (χ0v) is 22.4. The van der Waals surface area contributed by atoms with Gasteiger partial charge in [0.05, 0.1) is 30.4 Å². The average Bonchev–Trinajstić information content (AvgIpc) is 3.09. The second kappa shape index (κ2) is 12.3. The summed E-state index contributed by atoms with van der Waals surface area (Å²) in [5.41, 5.74) is -1.90. The Morgan fingerprint density at radius 1 is 1.05 bits per heavy atom. The molecule has 1 aliphatic rings. The van der Waals surface area contributed by atoms with Crippen LogP contribution in [0, 0.1) is 0 Å². The zero-order valence-electron chi connectivity index (χ0n) is 22.4. The van der Waals surface area contributed by atoms with E-state index in [-0.39, 0.29) is 19.6 Å². The SMILES string of the molecule is COC[C@@H](NC(=O)c1ccnc(C(F)(F)F)n1)C(=O)N[C@@H](CCOc1ccccc1)B1OC(C)(C)C(C)(C)O1. The van der Waals surface area contributed by atoms with Crippen LogP contribution >= 0.6 is 0 Å². The lowest BCUT2D eigenvalue weighted by molar-refractivity contribution is -0.145. The lowest BCUT2D eigenvalue weighted by Gasteiger charge is -2.32. The van der Waals surface area contributed by atoms with Crippen molar-refractivity contribution in [2.24, 2.45) is 0 Å². The van der Waals surface area contributed by atoms with Gasteiger partial charge in [-0.15, -0.1) is 0 Å². The summed E-state index contributed by atoms with van der Waals surface area (Å²) >= 11 is 0. The largest absolute Gasteiger partial charge is 0.494 e. The average molecular weight is 552 g/mol. The molecule has 1 saturated heterocycles. The number of aromatic nitrogens is 2. The van der Waals surface area contributed by atoms with Gasteiger partial charge in [0, 0.05) is 19.7 Å². The van der Waals surface area contributed by atoms with Crippen molar-refractivity contribution in [2.75, 3.05) is 20.3 Å². The number of carbonyl (C=O) groups is 2. The molecule has 1 aromatic heterocycles. The van der Waals surface area contributed by atoms with Gasteiger partial charge in [-0.3, -0.25) is 9.59 Å². The third kappa shape index (κ3) is 7.90. The van der Waals surface area contributed by atoms with Crippen LogP contribution in [0.25, 0.3) is 0 Å². The van der Waals surface area contributed by atoms with Gasteiger partial charge in [-0.25, -0.2) is 9.97 Å². The monoisotopic (exact) mass is 552 g/mol. The number of hydrogen-bond acceptors (Lipinski definition) is 8. The number of benzene rings is 1. The van der Waals surface area contributed by atoms with Crippen LogP contribution in [0.5, 0.6) is 5.75 Å². The maximum absolute atomic E-state index is 13.3. The Morgan fingerprint density at radius 3 is 2.28 bits per heavy atom. The number of halogens is 3. The highest BCUT2D eigenvalue weighted by molar-refractivity contribution is 6.48. The van der Waals surface area contributed by atoms with E-state index in [9.17, 15) is 22.8 Å². The molecule has 1 fully saturated rings. The lowest BCUT2D eigenvalue weighted by Crippen LogP contribution is -2.56. The first-order valence-electron chi connectivity index (χ1n) is 12.3. The Balaban J connectivity index is 1.74. The van der Waals surface area contributed by atoms with Crippen molar-refractivity contribution < 1.29 is 41.5 Å². The predicted molar refractivity (Wildman–Crippen MR) is 135 cm³/mol. The van der Waals surface area contributed by atoms with E-state index in [1.807, 2.05) is 45.9 Å². The molecule has 3 rings (SSSR count). The number of carbonyl (C=O) groups excluding carboxylic acids is 2. The van der Waals surface area contributed by atoms with Gasteiger partial charge < -0.3 is 29.4 Å². The summed E-state index contributed by atoms with van der Waals surface area (Å²) in [6, 6.07) is 8.86. The van der Waals surface area contributed by atoms with E-state index in [4.69, 9.17) is 18.8 Å². The molecule has 0 aliphatic carbocycles. The number of rotatable bonds is 11. The van der Waals surface area contributed by atoms with Crippen LogP contribution in [0.2, 0.25) is 0 Å². The molecule has 2 amide bonds. The second-order valence-corrected chi connectivity index (χ2v) is 9.93. The minimum Gasteiger partial charge on any atom is -0.494 e. The van der Waals surface area contributed by atoms with E-state index in [0.29, 0.717) is 5.75 Å². The van der Waals surface area contributed by atoms with Crippen molar-refractivity contribution in [2.45, 2.75) is 63.5 Å². The molecule has 14 heteroatoms. The third-order valence-electron chi connectivity index (χ3n) is 6.47. The van der Waals surface area contributed by atoms with Crippen LogP contribution in [0.15, 0.2) is 42.6 Å². The van der Waals surface area contributed by atoms with E-state index in [0.717, 1.165) is 12.3 Å². The third-order valence-corrected chi connectivity index (χ3v) is 6.47. The fraction of sp³-hybridized carbons (Fsp3) is 0.520. The van der Waals surface area contributed by atoms with E-state index < -0.39 is 59.8 Å². The Hall–Kier alpha value is -3.23. The van der Waals surface area contributed by atoms with Crippen LogP contribution in [0.4, 0.5) is 13.2 Å². The van der Waals surface area contributed by atoms with E-state index in [1.54, 1.807) is 12.1 Å². The molecular formula is C25H32BF3N4O6. The zero-order chi connectivity index (χ0) is 28.8. The number of nitrogens with one attached hydrogen (secondary N) is 2. The van der Waals surface area contributed by atoms with Crippen LogP contribution in [0.3, 0.4) is 0 Å². The molecule has 39 heavy (non-hydrogen) atoms. The number of alkyl halides is 3. The summed E-state index contributed by atoms with van der Waals surface area (Å²) in [6.45, 7) is 7.44. The standard InChI is InChI=1S/C25H32BF3N4O6/c1-23(2)24(3,4)39-26(38-23)19(12-14-37-16-9-7-6-8-10-16)33-21(35)18(15-36-5)31-20(34)17-11-13-30-22(32-17)25(27,28)29/h6-11,13,18-19H,12,14-15H2,1-5H3,(H,31,34)(H,33,35)/t18-,19+/m1/s1. The van der Waals surface area contributed by atoms with Gasteiger partial charge >= 0.3 is 13.3 Å². The minimum atomic E-state index is -4.84. The summed E-state index contributed by atoms with van der Waals surface area (Å²) < 4.78 is 62.1. The van der Waals surface area contributed by atoms with Crippen LogP contribution in [-0.4, -0.2) is 72.4 Å². The molecule has 10 nitrogen and oxygen atoms in total. The van der Waals surface area contributed by atoms with Crippen molar-refractivity contribution >= 4 is 18.9 Å². The summed E-state index contributed by atoms with van der Waals surface area (Å²) in [7, 11) is 0.478. The van der Waals surface area contributed by atoms with Crippen molar-refractivity contribution in [3.8, 4) is 5.75 Å². The molecule has 1 aliphatic heterocycles. The van der Waals surface area contributed by atoms with E-state index in [2.05, 4.69) is 20.6 Å². The van der Waals surface area contributed by atoms with Crippen LogP contribution in [0.1, 0.15) is 50.4 Å². The van der Waals surface area contributed by atoms with Gasteiger partial charge in [0.25, 0.3) is 5.91 Å². The topological polar surface area (TPSA) is 121 Å². The molecule has 2 N–H and O–H groups in total. The Morgan fingerprint density at radius 2 is 1.69 bits per heavy atom. The van der Waals surface area contributed by atoms with Gasteiger partial charge in [-0.2, -0.15) is 13.2 Å². The van der Waals surface area contributed by atoms with Crippen molar-refractivity contribution in [1.82, 2.24) is 20.6 Å². The van der Waals surface area contributed by atoms with Crippen LogP contribution in [-0.2, 0) is 25.0 Å². The summed E-state index contributed by atoms with van der Waals surface area (Å²) in [6.07, 6.45) is -3.74. The quantitative estimate of drug-likeness (QED) is 0.409. The number of amides is 2. The highest BCUT2D eigenvalue weighted by Crippen LogP contribution is 2.38. The molecule has 0 bridgehead atoms. The van der Waals surface area contributed by atoms with Gasteiger partial charge in [0.1, 0.15) is 17.5 Å². The van der Waals surface area contributed by atoms with Gasteiger partial charge in [0.2, 0.25) is 11.7 Å². The molecule has 212 valence electrons. The minimum absolute atomic E-state index is 0.210. The molecular weight excluding hydrogens is 520 g/mol. The lowest BCUT2D eigenvalue weighted by atomic mass is 9.76. The Kier molecular flexibility index (Phi) is 9.57. The van der Waals surface area contributed by atoms with Gasteiger partial charge in [-0.05, 0) is 45.9 Å². The number of hydrogen-bond donors (Lipinski definition) is 2. The molecule has 1 aromatic carbocycles. The normalized spacial score (nSPS) is 17.8. The van der Waals surface area contributed by atoms with Gasteiger partial charge in [0.15, 0.2) is 0 Å². The summed E-state index contributed by atoms with van der Waals surface area (Å²) in [4.78, 5) is 32.4. The Labute approximate surface area is 225 Å². The molecule has 0 unspecified atom stereocenters. The van der Waals surface area contributed by atoms with Crippen LogP contribution < -0.4 is 15.4 Å². The molecule has 0 spiro atoms. The number of para-hydroxylation sites is 1. The van der Waals surface area contributed by atoms with Crippen molar-refractivity contribution in [3.63, 3.8) is 0 Å². The maximum Gasteiger partial charge on any atom is 0.481 e. The molecule has 0 radical (unpaired) electrons. The van der Waals surface area contributed by atoms with E-state index in [1.165, 1.54) is 7.11 Å². The predicted octanol–water partition coefficient (Wildman–Crippen LogP) is 2.83. The first-order chi connectivity index (χ1) is 18.2. The second-order valence-electron chi connectivity index (χ2n) is 9.93. The first kappa shape index (κ1) is 30.3. The number of methoxy groups -OCH3 is 1. The van der Waals surface area contributed by atoms with Crippen molar-refractivity contribution in [3.05, 3.63) is 54.1 Å². The molecule has 2 aromatic rings. The molecule has 0 saturated carbocycles. The Bertz CT molecular complexity index is 1120. The fourth-order valence-electron chi connectivity index (χ4n) is 3.64. The summed E-state index contributed by atoms with van der Waals surface area (Å²) in [5, 5.41) is 5.20. The maximum atomic E-state index is 13.3. The summed E-state index contributed by atoms with van der Waals surface area (Å²) in [5.74, 6) is -3.19. The molecule has 2 atom stereocenters. The molecule has 2 heterocycles. The number of ether oxygens (including phenoxy) is 2. The van der Waals surface area contributed by atoms with Crippen molar-refractivity contribution in [1.29, 1.82) is 0 Å².